The Morgan fingerprint density at radius 3 is 2.65 bits per heavy atom. The van der Waals surface area contributed by atoms with Gasteiger partial charge in [0.2, 0.25) is 0 Å². The lowest BCUT2D eigenvalue weighted by atomic mass is 10.3. The zero-order valence-corrected chi connectivity index (χ0v) is 9.33. The van der Waals surface area contributed by atoms with Gasteiger partial charge in [-0.2, -0.15) is 0 Å². The van der Waals surface area contributed by atoms with Crippen LogP contribution in [-0.2, 0) is 9.53 Å². The van der Waals surface area contributed by atoms with Gasteiger partial charge in [0.05, 0.1) is 12.2 Å². The topological polar surface area (TPSA) is 35.5 Å². The summed E-state index contributed by atoms with van der Waals surface area (Å²) < 4.78 is 35.2. The Morgan fingerprint density at radius 1 is 1.35 bits per heavy atom. The van der Waals surface area contributed by atoms with Crippen LogP contribution in [0.3, 0.4) is 0 Å². The van der Waals surface area contributed by atoms with Crippen molar-refractivity contribution in [3.05, 3.63) is 42.0 Å². The first-order valence-corrected chi connectivity index (χ1v) is 4.97. The molecule has 1 aromatic carbocycles. The SMILES string of the molecule is C=C(COc1ccc(F)c(F)c1)C(=O)OCC. The molecule has 92 valence electrons. The van der Waals surface area contributed by atoms with Crippen LogP contribution < -0.4 is 4.74 Å². The van der Waals surface area contributed by atoms with Gasteiger partial charge in [0, 0.05) is 6.07 Å². The van der Waals surface area contributed by atoms with Crippen LogP contribution in [0, 0.1) is 11.6 Å². The maximum absolute atomic E-state index is 12.8. The number of halogens is 2. The van der Waals surface area contributed by atoms with Crippen molar-refractivity contribution in [3.8, 4) is 5.75 Å². The Labute approximate surface area is 97.7 Å². The van der Waals surface area contributed by atoms with Crippen LogP contribution in [0.4, 0.5) is 8.78 Å². The molecule has 0 aromatic heterocycles. The molecule has 17 heavy (non-hydrogen) atoms. The standard InChI is InChI=1S/C12H12F2O3/c1-3-16-12(15)8(2)7-17-9-4-5-10(13)11(14)6-9/h4-6H,2-3,7H2,1H3. The van der Waals surface area contributed by atoms with Crippen molar-refractivity contribution in [1.29, 1.82) is 0 Å². The van der Waals surface area contributed by atoms with Gasteiger partial charge < -0.3 is 9.47 Å². The van der Waals surface area contributed by atoms with Gasteiger partial charge in [-0.05, 0) is 19.1 Å². The predicted octanol–water partition coefficient (Wildman–Crippen LogP) is 2.46. The molecule has 5 heteroatoms. The molecule has 0 heterocycles. The van der Waals surface area contributed by atoms with Gasteiger partial charge in [0.1, 0.15) is 12.4 Å². The number of carbonyl (C=O) groups is 1. The van der Waals surface area contributed by atoms with E-state index in [9.17, 15) is 13.6 Å². The Balaban J connectivity index is 2.53. The maximum atomic E-state index is 12.8. The summed E-state index contributed by atoms with van der Waals surface area (Å²) >= 11 is 0. The molecule has 0 amide bonds. The van der Waals surface area contributed by atoms with E-state index in [0.29, 0.717) is 0 Å². The molecule has 0 aliphatic rings. The number of hydrogen-bond donors (Lipinski definition) is 0. The van der Waals surface area contributed by atoms with E-state index in [1.54, 1.807) is 6.92 Å². The molecule has 0 aliphatic heterocycles. The van der Waals surface area contributed by atoms with E-state index < -0.39 is 17.6 Å². The van der Waals surface area contributed by atoms with Crippen molar-refractivity contribution in [2.24, 2.45) is 0 Å². The molecule has 0 N–H and O–H groups in total. The molecule has 0 unspecified atom stereocenters. The monoisotopic (exact) mass is 242 g/mol. The highest BCUT2D eigenvalue weighted by Gasteiger charge is 2.09. The third-order valence-corrected chi connectivity index (χ3v) is 1.87. The van der Waals surface area contributed by atoms with Crippen molar-refractivity contribution >= 4 is 5.97 Å². The minimum atomic E-state index is -1.01. The molecule has 0 spiro atoms. The van der Waals surface area contributed by atoms with E-state index in [1.807, 2.05) is 0 Å². The normalized spacial score (nSPS) is 9.82. The smallest absolute Gasteiger partial charge is 0.336 e. The van der Waals surface area contributed by atoms with Gasteiger partial charge in [0.25, 0.3) is 0 Å². The Hall–Kier alpha value is -1.91. The fraction of sp³-hybridized carbons (Fsp3) is 0.250. The van der Waals surface area contributed by atoms with Crippen LogP contribution in [0.15, 0.2) is 30.4 Å². The average Bonchev–Trinajstić information content (AvgIpc) is 2.30. The summed E-state index contributed by atoms with van der Waals surface area (Å²) in [6.45, 7) is 5.23. The van der Waals surface area contributed by atoms with Gasteiger partial charge in [0.15, 0.2) is 11.6 Å². The summed E-state index contributed by atoms with van der Waals surface area (Å²) in [6.07, 6.45) is 0. The van der Waals surface area contributed by atoms with E-state index in [2.05, 4.69) is 11.3 Å². The quantitative estimate of drug-likeness (QED) is 0.587. The molecule has 0 bridgehead atoms. The molecular formula is C12H12F2O3. The summed E-state index contributed by atoms with van der Waals surface area (Å²) in [7, 11) is 0. The minimum Gasteiger partial charge on any atom is -0.489 e. The van der Waals surface area contributed by atoms with Crippen molar-refractivity contribution < 1.29 is 23.0 Å². The third kappa shape index (κ3) is 3.86. The van der Waals surface area contributed by atoms with Gasteiger partial charge >= 0.3 is 5.97 Å². The highest BCUT2D eigenvalue weighted by atomic mass is 19.2. The maximum Gasteiger partial charge on any atom is 0.336 e. The van der Waals surface area contributed by atoms with E-state index in [1.165, 1.54) is 6.07 Å². The summed E-state index contributed by atoms with van der Waals surface area (Å²) in [4.78, 5) is 11.1. The van der Waals surface area contributed by atoms with Gasteiger partial charge in [-0.1, -0.05) is 6.58 Å². The van der Waals surface area contributed by atoms with Crippen LogP contribution in [0.25, 0.3) is 0 Å². The number of ether oxygens (including phenoxy) is 2. The molecule has 1 aromatic rings. The van der Waals surface area contributed by atoms with Crippen molar-refractivity contribution in [1.82, 2.24) is 0 Å². The van der Waals surface area contributed by atoms with Crippen LogP contribution in [0.2, 0.25) is 0 Å². The average molecular weight is 242 g/mol. The molecule has 0 saturated heterocycles. The fourth-order valence-electron chi connectivity index (χ4n) is 1.03. The Morgan fingerprint density at radius 2 is 2.06 bits per heavy atom. The molecule has 0 aliphatic carbocycles. The second-order valence-corrected chi connectivity index (χ2v) is 3.19. The second kappa shape index (κ2) is 5.98. The lowest BCUT2D eigenvalue weighted by molar-refractivity contribution is -0.138. The molecule has 0 saturated carbocycles. The largest absolute Gasteiger partial charge is 0.489 e. The zero-order chi connectivity index (χ0) is 12.8. The lowest BCUT2D eigenvalue weighted by Crippen LogP contribution is -2.13. The highest BCUT2D eigenvalue weighted by Crippen LogP contribution is 2.16. The van der Waals surface area contributed by atoms with Crippen molar-refractivity contribution in [2.75, 3.05) is 13.2 Å². The Bertz CT molecular complexity index is 430. The third-order valence-electron chi connectivity index (χ3n) is 1.87. The second-order valence-electron chi connectivity index (χ2n) is 3.19. The van der Waals surface area contributed by atoms with Gasteiger partial charge in [-0.15, -0.1) is 0 Å². The van der Waals surface area contributed by atoms with E-state index in [4.69, 9.17) is 4.74 Å². The lowest BCUT2D eigenvalue weighted by Gasteiger charge is -2.08. The molecule has 3 nitrogen and oxygen atoms in total. The van der Waals surface area contributed by atoms with Crippen LogP contribution in [0.5, 0.6) is 5.75 Å². The zero-order valence-electron chi connectivity index (χ0n) is 9.33. The molecule has 0 radical (unpaired) electrons. The number of carbonyl (C=O) groups excluding carboxylic acids is 1. The van der Waals surface area contributed by atoms with E-state index in [0.717, 1.165) is 12.1 Å². The molecule has 1 rings (SSSR count). The summed E-state index contributed by atoms with van der Waals surface area (Å²) in [5.74, 6) is -2.42. The Kier molecular flexibility index (Phi) is 4.63. The molecule has 0 atom stereocenters. The van der Waals surface area contributed by atoms with Gasteiger partial charge in [-0.25, -0.2) is 13.6 Å². The highest BCUT2D eigenvalue weighted by molar-refractivity contribution is 5.88. The van der Waals surface area contributed by atoms with E-state index >= 15 is 0 Å². The number of esters is 1. The van der Waals surface area contributed by atoms with Crippen LogP contribution in [-0.4, -0.2) is 19.2 Å². The number of rotatable bonds is 5. The first-order valence-electron chi connectivity index (χ1n) is 4.97. The first kappa shape index (κ1) is 13.2. The fourth-order valence-corrected chi connectivity index (χ4v) is 1.03. The van der Waals surface area contributed by atoms with Crippen molar-refractivity contribution in [2.45, 2.75) is 6.92 Å². The van der Waals surface area contributed by atoms with Crippen LogP contribution >= 0.6 is 0 Å². The number of benzene rings is 1. The first-order chi connectivity index (χ1) is 8.04. The summed E-state index contributed by atoms with van der Waals surface area (Å²) in [5.41, 5.74) is 0.108. The summed E-state index contributed by atoms with van der Waals surface area (Å²) in [5, 5.41) is 0. The van der Waals surface area contributed by atoms with Crippen LogP contribution in [0.1, 0.15) is 6.92 Å². The molecular weight excluding hydrogens is 230 g/mol. The molecule has 0 fully saturated rings. The van der Waals surface area contributed by atoms with Crippen molar-refractivity contribution in [3.63, 3.8) is 0 Å². The minimum absolute atomic E-state index is 0.108. The predicted molar refractivity (Wildman–Crippen MR) is 57.6 cm³/mol. The summed E-state index contributed by atoms with van der Waals surface area (Å²) in [6, 6.07) is 3.10. The van der Waals surface area contributed by atoms with Gasteiger partial charge in [-0.3, -0.25) is 0 Å². The number of hydrogen-bond acceptors (Lipinski definition) is 3. The van der Waals surface area contributed by atoms with E-state index in [-0.39, 0.29) is 24.5 Å².